The molecule has 2 N–H and O–H groups in total. The predicted molar refractivity (Wildman–Crippen MR) is 136 cm³/mol. The van der Waals surface area contributed by atoms with E-state index in [9.17, 15) is 14.4 Å². The third kappa shape index (κ3) is 6.49. The lowest BCUT2D eigenvalue weighted by Crippen LogP contribution is -2.32. The summed E-state index contributed by atoms with van der Waals surface area (Å²) >= 11 is 0. The van der Waals surface area contributed by atoms with Crippen molar-refractivity contribution < 1.29 is 19.1 Å². The molecule has 0 saturated carbocycles. The summed E-state index contributed by atoms with van der Waals surface area (Å²) in [5.41, 5.74) is 4.27. The molecular weight excluding hydrogens is 442 g/mol. The molecule has 0 aliphatic carbocycles. The van der Waals surface area contributed by atoms with Crippen LogP contribution in [0.15, 0.2) is 108 Å². The highest BCUT2D eigenvalue weighted by Gasteiger charge is 2.14. The number of hydrazone groups is 1. The Balaban J connectivity index is 1.28. The van der Waals surface area contributed by atoms with Crippen molar-refractivity contribution in [2.24, 2.45) is 5.10 Å². The van der Waals surface area contributed by atoms with E-state index in [0.717, 1.165) is 16.3 Å². The van der Waals surface area contributed by atoms with Gasteiger partial charge < -0.3 is 10.1 Å². The second-order valence-electron chi connectivity index (χ2n) is 7.41. The molecule has 4 aromatic carbocycles. The van der Waals surface area contributed by atoms with E-state index in [1.807, 2.05) is 60.7 Å². The van der Waals surface area contributed by atoms with Gasteiger partial charge in [0.2, 0.25) is 0 Å². The number of benzene rings is 4. The molecule has 0 aliphatic heterocycles. The first-order valence-electron chi connectivity index (χ1n) is 10.8. The van der Waals surface area contributed by atoms with Crippen LogP contribution in [-0.2, 0) is 14.4 Å². The quantitative estimate of drug-likeness (QED) is 0.110. The first-order valence-corrected chi connectivity index (χ1v) is 10.8. The third-order valence-electron chi connectivity index (χ3n) is 4.93. The van der Waals surface area contributed by atoms with Gasteiger partial charge in [-0.15, -0.1) is 0 Å². The molecule has 7 heteroatoms. The van der Waals surface area contributed by atoms with Crippen LogP contribution in [-0.4, -0.2) is 24.0 Å². The van der Waals surface area contributed by atoms with E-state index in [1.54, 1.807) is 42.5 Å². The minimum absolute atomic E-state index is 0.364. The van der Waals surface area contributed by atoms with Gasteiger partial charge in [0, 0.05) is 17.1 Å². The lowest BCUT2D eigenvalue weighted by molar-refractivity contribution is -0.136. The van der Waals surface area contributed by atoms with Crippen molar-refractivity contribution in [3.05, 3.63) is 114 Å². The van der Waals surface area contributed by atoms with Gasteiger partial charge in [0.1, 0.15) is 5.75 Å². The van der Waals surface area contributed by atoms with E-state index in [2.05, 4.69) is 15.8 Å². The molecule has 0 radical (unpaired) electrons. The normalized spacial score (nSPS) is 11.0. The van der Waals surface area contributed by atoms with Crippen molar-refractivity contribution in [2.45, 2.75) is 0 Å². The zero-order valence-electron chi connectivity index (χ0n) is 18.5. The first kappa shape index (κ1) is 23.1. The van der Waals surface area contributed by atoms with Crippen molar-refractivity contribution in [2.75, 3.05) is 5.32 Å². The molecule has 0 fully saturated rings. The molecule has 35 heavy (non-hydrogen) atoms. The standard InChI is InChI=1S/C28H21N3O4/c32-26(18-15-20-7-2-1-3-8-20)35-23-16-13-21(14-17-23)19-29-31-28(34)27(33)30-25-12-6-10-22-9-4-5-11-24(22)25/h1-19H,(H,30,33)(H,31,34)/b18-15+,29-19-. The average Bonchev–Trinajstić information content (AvgIpc) is 2.89. The number of carbonyl (C=O) groups excluding carboxylic acids is 3. The Morgan fingerprint density at radius 1 is 0.714 bits per heavy atom. The van der Waals surface area contributed by atoms with Crippen molar-refractivity contribution >= 4 is 46.5 Å². The Labute approximate surface area is 201 Å². The maximum Gasteiger partial charge on any atom is 0.336 e. The lowest BCUT2D eigenvalue weighted by atomic mass is 10.1. The Morgan fingerprint density at radius 2 is 1.43 bits per heavy atom. The molecule has 0 bridgehead atoms. The molecular formula is C28H21N3O4. The summed E-state index contributed by atoms with van der Waals surface area (Å²) in [5.74, 6) is -1.86. The van der Waals surface area contributed by atoms with Crippen LogP contribution in [0, 0.1) is 0 Å². The Kier molecular flexibility index (Phi) is 7.40. The lowest BCUT2D eigenvalue weighted by Gasteiger charge is -2.07. The van der Waals surface area contributed by atoms with Gasteiger partial charge in [-0.25, -0.2) is 10.2 Å². The van der Waals surface area contributed by atoms with Crippen molar-refractivity contribution in [3.8, 4) is 5.75 Å². The summed E-state index contributed by atoms with van der Waals surface area (Å²) in [6.45, 7) is 0. The van der Waals surface area contributed by atoms with E-state index in [1.165, 1.54) is 12.3 Å². The van der Waals surface area contributed by atoms with Crippen LogP contribution in [0.25, 0.3) is 16.8 Å². The number of nitrogens with one attached hydrogen (secondary N) is 2. The molecule has 4 aromatic rings. The molecule has 7 nitrogen and oxygen atoms in total. The van der Waals surface area contributed by atoms with Gasteiger partial charge in [-0.3, -0.25) is 9.59 Å². The number of carbonyl (C=O) groups is 3. The Bertz CT molecular complexity index is 1410. The second kappa shape index (κ2) is 11.2. The topological polar surface area (TPSA) is 96.9 Å². The number of hydrogen-bond donors (Lipinski definition) is 2. The third-order valence-corrected chi connectivity index (χ3v) is 4.93. The molecule has 0 atom stereocenters. The van der Waals surface area contributed by atoms with Crippen LogP contribution < -0.4 is 15.5 Å². The summed E-state index contributed by atoms with van der Waals surface area (Å²) in [4.78, 5) is 36.3. The van der Waals surface area contributed by atoms with Gasteiger partial charge >= 0.3 is 17.8 Å². The van der Waals surface area contributed by atoms with Crippen LogP contribution in [0.2, 0.25) is 0 Å². The monoisotopic (exact) mass is 463 g/mol. The fourth-order valence-electron chi connectivity index (χ4n) is 3.23. The number of amides is 2. The van der Waals surface area contributed by atoms with E-state index < -0.39 is 17.8 Å². The molecule has 0 aromatic heterocycles. The number of rotatable bonds is 6. The van der Waals surface area contributed by atoms with Crippen LogP contribution in [0.5, 0.6) is 5.75 Å². The van der Waals surface area contributed by atoms with Crippen molar-refractivity contribution in [1.29, 1.82) is 0 Å². The number of ether oxygens (including phenoxy) is 1. The van der Waals surface area contributed by atoms with Gasteiger partial charge in [0.15, 0.2) is 0 Å². The van der Waals surface area contributed by atoms with Crippen LogP contribution >= 0.6 is 0 Å². The summed E-state index contributed by atoms with van der Waals surface area (Å²) in [7, 11) is 0. The summed E-state index contributed by atoms with van der Waals surface area (Å²) in [6, 6.07) is 28.9. The van der Waals surface area contributed by atoms with Gasteiger partial charge in [-0.1, -0.05) is 66.7 Å². The Morgan fingerprint density at radius 3 is 2.23 bits per heavy atom. The van der Waals surface area contributed by atoms with Crippen LogP contribution in [0.4, 0.5) is 5.69 Å². The van der Waals surface area contributed by atoms with Crippen LogP contribution in [0.1, 0.15) is 11.1 Å². The molecule has 2 amide bonds. The number of hydrogen-bond acceptors (Lipinski definition) is 5. The molecule has 0 saturated heterocycles. The van der Waals surface area contributed by atoms with Crippen LogP contribution in [0.3, 0.4) is 0 Å². The SMILES string of the molecule is O=C(/C=C/c1ccccc1)Oc1ccc(/C=N\NC(=O)C(=O)Nc2cccc3ccccc23)cc1. The maximum atomic E-state index is 12.2. The summed E-state index contributed by atoms with van der Waals surface area (Å²) < 4.78 is 5.26. The second-order valence-corrected chi connectivity index (χ2v) is 7.41. The fraction of sp³-hybridized carbons (Fsp3) is 0. The number of nitrogens with zero attached hydrogens (tertiary/aromatic N) is 1. The summed E-state index contributed by atoms with van der Waals surface area (Å²) in [5, 5.41) is 8.20. The Hall–Kier alpha value is -5.04. The van der Waals surface area contributed by atoms with E-state index in [4.69, 9.17) is 4.74 Å². The zero-order valence-corrected chi connectivity index (χ0v) is 18.5. The highest BCUT2D eigenvalue weighted by Crippen LogP contribution is 2.22. The maximum absolute atomic E-state index is 12.2. The first-order chi connectivity index (χ1) is 17.1. The van der Waals surface area contributed by atoms with E-state index in [0.29, 0.717) is 17.0 Å². The average molecular weight is 463 g/mol. The molecule has 0 aliphatic rings. The summed E-state index contributed by atoms with van der Waals surface area (Å²) in [6.07, 6.45) is 4.40. The highest BCUT2D eigenvalue weighted by molar-refractivity contribution is 6.40. The number of anilines is 1. The molecule has 0 spiro atoms. The molecule has 0 unspecified atom stereocenters. The minimum Gasteiger partial charge on any atom is -0.423 e. The highest BCUT2D eigenvalue weighted by atomic mass is 16.5. The smallest absolute Gasteiger partial charge is 0.336 e. The van der Waals surface area contributed by atoms with Crippen molar-refractivity contribution in [3.63, 3.8) is 0 Å². The fourth-order valence-corrected chi connectivity index (χ4v) is 3.23. The van der Waals surface area contributed by atoms with Gasteiger partial charge in [-0.2, -0.15) is 5.10 Å². The number of esters is 1. The van der Waals surface area contributed by atoms with E-state index >= 15 is 0 Å². The zero-order chi connectivity index (χ0) is 24.5. The van der Waals surface area contributed by atoms with Gasteiger partial charge in [0.25, 0.3) is 0 Å². The van der Waals surface area contributed by atoms with Gasteiger partial charge in [-0.05, 0) is 52.9 Å². The van der Waals surface area contributed by atoms with Crippen molar-refractivity contribution in [1.82, 2.24) is 5.43 Å². The molecule has 0 heterocycles. The largest absolute Gasteiger partial charge is 0.423 e. The molecule has 172 valence electrons. The van der Waals surface area contributed by atoms with Gasteiger partial charge in [0.05, 0.1) is 6.21 Å². The minimum atomic E-state index is -0.898. The van der Waals surface area contributed by atoms with E-state index in [-0.39, 0.29) is 0 Å². The predicted octanol–water partition coefficient (Wildman–Crippen LogP) is 4.55. The molecule has 4 rings (SSSR count). The number of fused-ring (bicyclic) bond motifs is 1.